The number of nitrogens with zero attached hydrogens (tertiary/aromatic N) is 2. The first-order valence-corrected chi connectivity index (χ1v) is 15.9. The van der Waals surface area contributed by atoms with Crippen molar-refractivity contribution in [1.82, 2.24) is 15.3 Å². The summed E-state index contributed by atoms with van der Waals surface area (Å²) >= 11 is 1.54. The Hall–Kier alpha value is -4.00. The van der Waals surface area contributed by atoms with Crippen molar-refractivity contribution >= 4 is 43.6 Å². The van der Waals surface area contributed by atoms with Crippen LogP contribution in [0.1, 0.15) is 16.0 Å². The van der Waals surface area contributed by atoms with E-state index in [-0.39, 0.29) is 23.8 Å². The minimum Gasteiger partial charge on any atom is -0.488 e. The topological polar surface area (TPSA) is 93.2 Å². The van der Waals surface area contributed by atoms with Gasteiger partial charge in [0.1, 0.15) is 34.3 Å². The molecule has 0 amide bonds. The number of thiophene rings is 1. The third kappa shape index (κ3) is 7.64. The number of aromatic nitrogens is 2. The van der Waals surface area contributed by atoms with E-state index in [1.165, 1.54) is 24.7 Å². The van der Waals surface area contributed by atoms with Crippen LogP contribution in [0.3, 0.4) is 0 Å². The average molecular weight is 613 g/mol. The zero-order valence-electron chi connectivity index (χ0n) is 22.5. The van der Waals surface area contributed by atoms with Gasteiger partial charge in [0.15, 0.2) is 0 Å². The number of sulfone groups is 1. The van der Waals surface area contributed by atoms with Gasteiger partial charge in [-0.15, -0.1) is 11.3 Å². The summed E-state index contributed by atoms with van der Waals surface area (Å²) in [7, 11) is -3.03. The van der Waals surface area contributed by atoms with Crippen LogP contribution in [0.4, 0.5) is 24.7 Å². The maximum Gasteiger partial charge on any atom is 0.420 e. The maximum absolute atomic E-state index is 14.0. The van der Waals surface area contributed by atoms with Gasteiger partial charge in [-0.25, -0.2) is 18.4 Å². The fourth-order valence-electron chi connectivity index (χ4n) is 4.26. The van der Waals surface area contributed by atoms with Gasteiger partial charge in [-0.1, -0.05) is 36.4 Å². The fraction of sp³-hybridized carbons (Fsp3) is 0.200. The van der Waals surface area contributed by atoms with Crippen LogP contribution in [0.15, 0.2) is 84.5 Å². The normalized spacial score (nSPS) is 12.0. The molecule has 0 unspecified atom stereocenters. The minimum atomic E-state index is -4.62. The van der Waals surface area contributed by atoms with Crippen molar-refractivity contribution in [2.24, 2.45) is 0 Å². The van der Waals surface area contributed by atoms with Crippen LogP contribution in [0.5, 0.6) is 5.75 Å². The van der Waals surface area contributed by atoms with Crippen molar-refractivity contribution in [2.75, 3.05) is 23.9 Å². The first-order chi connectivity index (χ1) is 20.0. The SMILES string of the molecule is CS(=O)(=O)CCNCc1cc(-c2ccc3ncnc(Nc4ccc(OCc5ccccc5)c(C(F)(F)F)c4)c3c2)cs1. The molecule has 0 aliphatic carbocycles. The second-order valence-corrected chi connectivity index (χ2v) is 12.9. The quantitative estimate of drug-likeness (QED) is 0.158. The van der Waals surface area contributed by atoms with Crippen LogP contribution in [0, 0.1) is 0 Å². The molecule has 2 heterocycles. The molecule has 3 aromatic carbocycles. The second-order valence-electron chi connectivity index (χ2n) is 9.67. The summed E-state index contributed by atoms with van der Waals surface area (Å²) < 4.78 is 70.1. The first kappa shape index (κ1) is 29.5. The van der Waals surface area contributed by atoms with Crippen LogP contribution in [-0.2, 0) is 29.2 Å². The molecule has 5 rings (SSSR count). The third-order valence-corrected chi connectivity index (χ3v) is 8.24. The van der Waals surface area contributed by atoms with Gasteiger partial charge in [-0.2, -0.15) is 13.2 Å². The number of anilines is 2. The van der Waals surface area contributed by atoms with Gasteiger partial charge in [0, 0.05) is 35.3 Å². The molecule has 0 atom stereocenters. The summed E-state index contributed by atoms with van der Waals surface area (Å²) in [6.07, 6.45) is -2.06. The predicted molar refractivity (Wildman–Crippen MR) is 160 cm³/mol. The van der Waals surface area contributed by atoms with E-state index >= 15 is 0 Å². The largest absolute Gasteiger partial charge is 0.488 e. The molecule has 0 bridgehead atoms. The van der Waals surface area contributed by atoms with Crippen LogP contribution < -0.4 is 15.4 Å². The van der Waals surface area contributed by atoms with Crippen LogP contribution in [0.25, 0.3) is 22.0 Å². The number of halogens is 3. The summed E-state index contributed by atoms with van der Waals surface area (Å²) in [6.45, 7) is 0.915. The third-order valence-electron chi connectivity index (χ3n) is 6.36. The fourth-order valence-corrected chi connectivity index (χ4v) is 5.63. The Morgan fingerprint density at radius 1 is 0.952 bits per heavy atom. The Morgan fingerprint density at radius 2 is 1.76 bits per heavy atom. The Morgan fingerprint density at radius 3 is 2.52 bits per heavy atom. The zero-order valence-corrected chi connectivity index (χ0v) is 24.1. The van der Waals surface area contributed by atoms with Gasteiger partial charge in [-0.3, -0.25) is 0 Å². The molecule has 2 N–H and O–H groups in total. The highest BCUT2D eigenvalue weighted by atomic mass is 32.2. The maximum atomic E-state index is 14.0. The molecule has 0 saturated heterocycles. The van der Waals surface area contributed by atoms with Gasteiger partial charge in [0.05, 0.1) is 16.8 Å². The van der Waals surface area contributed by atoms with Gasteiger partial charge in [-0.05, 0) is 58.5 Å². The minimum absolute atomic E-state index is 0.0109. The summed E-state index contributed by atoms with van der Waals surface area (Å²) in [5.74, 6) is 0.177. The number of rotatable bonds is 11. The molecule has 0 saturated carbocycles. The van der Waals surface area contributed by atoms with E-state index in [0.29, 0.717) is 29.8 Å². The molecule has 218 valence electrons. The van der Waals surface area contributed by atoms with E-state index in [1.807, 2.05) is 35.7 Å². The Kier molecular flexibility index (Phi) is 8.76. The Balaban J connectivity index is 1.36. The number of benzene rings is 3. The van der Waals surface area contributed by atoms with Crippen molar-refractivity contribution in [2.45, 2.75) is 19.3 Å². The van der Waals surface area contributed by atoms with E-state index < -0.39 is 21.6 Å². The lowest BCUT2D eigenvalue weighted by atomic mass is 10.1. The summed E-state index contributed by atoms with van der Waals surface area (Å²) in [4.78, 5) is 9.66. The van der Waals surface area contributed by atoms with Gasteiger partial charge >= 0.3 is 6.18 Å². The van der Waals surface area contributed by atoms with E-state index in [9.17, 15) is 21.6 Å². The molecule has 0 aliphatic heterocycles. The smallest absolute Gasteiger partial charge is 0.420 e. The molecule has 12 heteroatoms. The van der Waals surface area contributed by atoms with Crippen LogP contribution in [-0.4, -0.2) is 36.9 Å². The van der Waals surface area contributed by atoms with Crippen molar-refractivity contribution < 1.29 is 26.3 Å². The molecular weight excluding hydrogens is 585 g/mol. The zero-order chi connectivity index (χ0) is 29.7. The van der Waals surface area contributed by atoms with Gasteiger partial charge in [0.2, 0.25) is 0 Å². The molecule has 5 aromatic rings. The lowest BCUT2D eigenvalue weighted by molar-refractivity contribution is -0.139. The predicted octanol–water partition coefficient (Wildman–Crippen LogP) is 6.83. The molecule has 0 aliphatic rings. The van der Waals surface area contributed by atoms with Gasteiger partial charge < -0.3 is 15.4 Å². The molecule has 42 heavy (non-hydrogen) atoms. The summed E-state index contributed by atoms with van der Waals surface area (Å²) in [5.41, 5.74) is 2.55. The number of ether oxygens (including phenoxy) is 1. The Labute approximate surface area is 245 Å². The van der Waals surface area contributed by atoms with Crippen molar-refractivity contribution in [3.63, 3.8) is 0 Å². The average Bonchev–Trinajstić information content (AvgIpc) is 3.43. The first-order valence-electron chi connectivity index (χ1n) is 12.9. The number of nitrogens with one attached hydrogen (secondary N) is 2. The number of hydrogen-bond acceptors (Lipinski definition) is 8. The summed E-state index contributed by atoms with van der Waals surface area (Å²) in [6, 6.07) is 20.5. The molecule has 0 fully saturated rings. The Bertz CT molecular complexity index is 1790. The van der Waals surface area contributed by atoms with Gasteiger partial charge in [0.25, 0.3) is 0 Å². The number of fused-ring (bicyclic) bond motifs is 1. The monoisotopic (exact) mass is 612 g/mol. The van der Waals surface area contributed by atoms with E-state index in [1.54, 1.807) is 35.6 Å². The number of alkyl halides is 3. The van der Waals surface area contributed by atoms with Crippen molar-refractivity contribution in [1.29, 1.82) is 0 Å². The highest BCUT2D eigenvalue weighted by molar-refractivity contribution is 7.90. The highest BCUT2D eigenvalue weighted by Crippen LogP contribution is 2.39. The standard InChI is InChI=1S/C30H27F3N4O3S2/c1-42(38,39)12-11-34-16-24-13-22(18-41-24)21-7-9-27-25(14-21)29(36-19-35-27)37-23-8-10-28(26(15-23)30(31,32)33)40-17-20-5-3-2-4-6-20/h2-10,13-15,18-19,34H,11-12,16-17H2,1H3,(H,35,36,37). The van der Waals surface area contributed by atoms with Crippen molar-refractivity contribution in [3.05, 3.63) is 101 Å². The summed E-state index contributed by atoms with van der Waals surface area (Å²) in [5, 5.41) is 8.80. The lowest BCUT2D eigenvalue weighted by Gasteiger charge is -2.16. The molecule has 0 spiro atoms. The second kappa shape index (κ2) is 12.5. The van der Waals surface area contributed by atoms with E-state index in [2.05, 4.69) is 20.6 Å². The lowest BCUT2D eigenvalue weighted by Crippen LogP contribution is -2.21. The molecular formula is C30H27F3N4O3S2. The highest BCUT2D eigenvalue weighted by Gasteiger charge is 2.35. The molecule has 7 nitrogen and oxygen atoms in total. The van der Waals surface area contributed by atoms with E-state index in [4.69, 9.17) is 4.74 Å². The number of hydrogen-bond donors (Lipinski definition) is 2. The van der Waals surface area contributed by atoms with E-state index in [0.717, 1.165) is 27.6 Å². The van der Waals surface area contributed by atoms with Crippen LogP contribution >= 0.6 is 11.3 Å². The van der Waals surface area contributed by atoms with Crippen LogP contribution in [0.2, 0.25) is 0 Å². The molecule has 2 aromatic heterocycles. The van der Waals surface area contributed by atoms with Crippen molar-refractivity contribution in [3.8, 4) is 16.9 Å². The molecule has 0 radical (unpaired) electrons.